The molecule has 1 unspecified atom stereocenters. The van der Waals surface area contributed by atoms with Gasteiger partial charge in [0.05, 0.1) is 10.0 Å². The van der Waals surface area contributed by atoms with Gasteiger partial charge in [0.25, 0.3) is 0 Å². The Bertz CT molecular complexity index is 637. The molecule has 0 fully saturated rings. The Morgan fingerprint density at radius 2 is 2.11 bits per heavy atom. The highest BCUT2D eigenvalue weighted by Gasteiger charge is 2.26. The van der Waals surface area contributed by atoms with Gasteiger partial charge in [-0.3, -0.25) is 4.79 Å². The molecule has 2 N–H and O–H groups in total. The number of sulfonamides is 1. The molecule has 0 radical (unpaired) electrons. The summed E-state index contributed by atoms with van der Waals surface area (Å²) in [5.41, 5.74) is 0. The van der Waals surface area contributed by atoms with E-state index in [0.29, 0.717) is 0 Å². The third-order valence-corrected chi connectivity index (χ3v) is 4.57. The number of carboxylic acids is 1. The minimum absolute atomic E-state index is 0.0494. The van der Waals surface area contributed by atoms with Gasteiger partial charge in [-0.2, -0.15) is 4.72 Å². The third-order valence-electron chi connectivity index (χ3n) is 2.12. The number of hydrogen-bond donors (Lipinski definition) is 2. The van der Waals surface area contributed by atoms with Crippen molar-refractivity contribution in [3.8, 4) is 12.3 Å². The van der Waals surface area contributed by atoms with E-state index in [1.165, 1.54) is 18.2 Å². The lowest BCUT2D eigenvalue weighted by molar-refractivity contribution is -0.138. The van der Waals surface area contributed by atoms with Crippen LogP contribution < -0.4 is 4.72 Å². The van der Waals surface area contributed by atoms with Gasteiger partial charge in [-0.05, 0) is 12.1 Å². The van der Waals surface area contributed by atoms with Crippen molar-refractivity contribution >= 4 is 39.2 Å². The fourth-order valence-corrected chi connectivity index (χ4v) is 3.19. The summed E-state index contributed by atoms with van der Waals surface area (Å²) in [6, 6.07) is 2.59. The van der Waals surface area contributed by atoms with Crippen LogP contribution in [-0.2, 0) is 14.8 Å². The van der Waals surface area contributed by atoms with Gasteiger partial charge in [-0.1, -0.05) is 29.3 Å². The van der Waals surface area contributed by atoms with Crippen LogP contribution in [-0.4, -0.2) is 25.5 Å². The number of terminal acetylenes is 1. The first-order chi connectivity index (χ1) is 8.79. The SMILES string of the molecule is C#CCC(NS(=O)(=O)c1cccc(Cl)c1Cl)C(=O)O. The van der Waals surface area contributed by atoms with Crippen molar-refractivity contribution in [3.05, 3.63) is 28.2 Å². The quantitative estimate of drug-likeness (QED) is 0.809. The van der Waals surface area contributed by atoms with Gasteiger partial charge in [-0.25, -0.2) is 8.42 Å². The number of carbonyl (C=O) groups is 1. The topological polar surface area (TPSA) is 83.5 Å². The summed E-state index contributed by atoms with van der Waals surface area (Å²) in [4.78, 5) is 10.6. The molecule has 1 aromatic carbocycles. The molecule has 1 atom stereocenters. The van der Waals surface area contributed by atoms with Gasteiger partial charge >= 0.3 is 5.97 Å². The molecule has 19 heavy (non-hydrogen) atoms. The molecule has 0 aliphatic rings. The first-order valence-electron chi connectivity index (χ1n) is 4.92. The number of carboxylic acid groups (broad SMARTS) is 1. The van der Waals surface area contributed by atoms with Crippen LogP contribution in [0.25, 0.3) is 0 Å². The highest BCUT2D eigenvalue weighted by Crippen LogP contribution is 2.28. The van der Waals surface area contributed by atoms with E-state index < -0.39 is 22.0 Å². The number of halogens is 2. The maximum atomic E-state index is 12.0. The predicted molar refractivity (Wildman–Crippen MR) is 71.7 cm³/mol. The average Bonchev–Trinajstić information content (AvgIpc) is 2.31. The number of rotatable bonds is 5. The molecule has 0 heterocycles. The summed E-state index contributed by atoms with van der Waals surface area (Å²) in [7, 11) is -4.12. The lowest BCUT2D eigenvalue weighted by Crippen LogP contribution is -2.40. The Morgan fingerprint density at radius 1 is 1.47 bits per heavy atom. The minimum atomic E-state index is -4.12. The lowest BCUT2D eigenvalue weighted by atomic mass is 10.2. The Kier molecular flexibility index (Phi) is 5.20. The highest BCUT2D eigenvalue weighted by atomic mass is 35.5. The molecule has 0 aliphatic heterocycles. The smallest absolute Gasteiger partial charge is 0.322 e. The summed E-state index contributed by atoms with van der Waals surface area (Å²) in [5, 5.41) is 8.73. The van der Waals surface area contributed by atoms with Crippen LogP contribution in [0.1, 0.15) is 6.42 Å². The summed E-state index contributed by atoms with van der Waals surface area (Å²) in [6.07, 6.45) is 4.70. The van der Waals surface area contributed by atoms with Crippen molar-refractivity contribution in [1.29, 1.82) is 0 Å². The minimum Gasteiger partial charge on any atom is -0.480 e. The highest BCUT2D eigenvalue weighted by molar-refractivity contribution is 7.89. The van der Waals surface area contributed by atoms with Crippen LogP contribution in [0.5, 0.6) is 0 Å². The van der Waals surface area contributed by atoms with Crippen LogP contribution in [0.4, 0.5) is 0 Å². The molecule has 8 heteroatoms. The zero-order valence-electron chi connectivity index (χ0n) is 9.43. The van der Waals surface area contributed by atoms with E-state index in [0.717, 1.165) is 0 Å². The first-order valence-corrected chi connectivity index (χ1v) is 7.16. The van der Waals surface area contributed by atoms with Gasteiger partial charge < -0.3 is 5.11 Å². The van der Waals surface area contributed by atoms with Crippen molar-refractivity contribution in [2.45, 2.75) is 17.4 Å². The third kappa shape index (κ3) is 3.85. The molecule has 1 rings (SSSR count). The van der Waals surface area contributed by atoms with Crippen molar-refractivity contribution < 1.29 is 18.3 Å². The second-order valence-corrected chi connectivity index (χ2v) is 5.94. The van der Waals surface area contributed by atoms with Gasteiger partial charge in [-0.15, -0.1) is 12.3 Å². The monoisotopic (exact) mass is 321 g/mol. The van der Waals surface area contributed by atoms with Crippen LogP contribution in [0.2, 0.25) is 10.0 Å². The van der Waals surface area contributed by atoms with Crippen LogP contribution in [0.15, 0.2) is 23.1 Å². The summed E-state index contributed by atoms with van der Waals surface area (Å²) in [5.74, 6) is 0.707. The number of hydrogen-bond acceptors (Lipinski definition) is 3. The first kappa shape index (κ1) is 15.8. The largest absolute Gasteiger partial charge is 0.480 e. The second-order valence-electron chi connectivity index (χ2n) is 3.47. The van der Waals surface area contributed by atoms with Crippen LogP contribution >= 0.6 is 23.2 Å². The lowest BCUT2D eigenvalue weighted by Gasteiger charge is -2.13. The standard InChI is InChI=1S/C11H9Cl2NO4S/c1-2-4-8(11(15)16)14-19(17,18)9-6-3-5-7(12)10(9)13/h1,3,5-6,8,14H,4H2,(H,15,16). The molecular weight excluding hydrogens is 313 g/mol. The fraction of sp³-hybridized carbons (Fsp3) is 0.182. The zero-order chi connectivity index (χ0) is 14.6. The van der Waals surface area contributed by atoms with E-state index in [1.807, 2.05) is 4.72 Å². The van der Waals surface area contributed by atoms with Crippen LogP contribution in [0.3, 0.4) is 0 Å². The summed E-state index contributed by atoms with van der Waals surface area (Å²) >= 11 is 11.5. The summed E-state index contributed by atoms with van der Waals surface area (Å²) in [6.45, 7) is 0. The van der Waals surface area contributed by atoms with Crippen molar-refractivity contribution in [1.82, 2.24) is 4.72 Å². The second kappa shape index (κ2) is 6.26. The van der Waals surface area contributed by atoms with E-state index in [9.17, 15) is 13.2 Å². The average molecular weight is 322 g/mol. The zero-order valence-corrected chi connectivity index (χ0v) is 11.8. The Balaban J connectivity index is 3.15. The van der Waals surface area contributed by atoms with Crippen LogP contribution in [0, 0.1) is 12.3 Å². The molecule has 0 saturated heterocycles. The van der Waals surface area contributed by atoms with Gasteiger partial charge in [0.1, 0.15) is 10.9 Å². The molecule has 0 aliphatic carbocycles. The molecule has 0 amide bonds. The molecule has 0 saturated carbocycles. The Labute approximate surface area is 120 Å². The maximum absolute atomic E-state index is 12.0. The normalized spacial score (nSPS) is 12.7. The molecular formula is C11H9Cl2NO4S. The van der Waals surface area contributed by atoms with Gasteiger partial charge in [0, 0.05) is 6.42 Å². The molecule has 0 spiro atoms. The number of nitrogens with one attached hydrogen (secondary N) is 1. The fourth-order valence-electron chi connectivity index (χ4n) is 1.24. The van der Waals surface area contributed by atoms with E-state index in [4.69, 9.17) is 34.7 Å². The summed E-state index contributed by atoms with van der Waals surface area (Å²) < 4.78 is 26.0. The van der Waals surface area contributed by atoms with E-state index in [-0.39, 0.29) is 21.4 Å². The van der Waals surface area contributed by atoms with E-state index in [1.54, 1.807) is 0 Å². The Morgan fingerprint density at radius 3 is 2.63 bits per heavy atom. The Hall–Kier alpha value is -1.26. The number of benzene rings is 1. The van der Waals surface area contributed by atoms with Crippen molar-refractivity contribution in [2.24, 2.45) is 0 Å². The molecule has 1 aromatic rings. The van der Waals surface area contributed by atoms with E-state index in [2.05, 4.69) is 5.92 Å². The van der Waals surface area contributed by atoms with Gasteiger partial charge in [0.2, 0.25) is 10.0 Å². The molecule has 102 valence electrons. The molecule has 5 nitrogen and oxygen atoms in total. The predicted octanol–water partition coefficient (Wildman–Crippen LogP) is 1.75. The maximum Gasteiger partial charge on any atom is 0.322 e. The van der Waals surface area contributed by atoms with E-state index >= 15 is 0 Å². The molecule has 0 bridgehead atoms. The van der Waals surface area contributed by atoms with Crippen molar-refractivity contribution in [3.63, 3.8) is 0 Å². The molecule has 0 aromatic heterocycles. The van der Waals surface area contributed by atoms with Crippen molar-refractivity contribution in [2.75, 3.05) is 0 Å². The van der Waals surface area contributed by atoms with Gasteiger partial charge in [0.15, 0.2) is 0 Å². The number of aliphatic carboxylic acids is 1.